The topological polar surface area (TPSA) is 57.8 Å². The SMILES string of the molecule is CCN(CC)c1ccc(/C=N\NC(=O)CSc2ccc(Cl)cc2)o1. The maximum Gasteiger partial charge on any atom is 0.250 e. The second-order valence-corrected chi connectivity index (χ2v) is 6.37. The van der Waals surface area contributed by atoms with Crippen LogP contribution in [0.3, 0.4) is 0 Å². The number of hydrogen-bond donors (Lipinski definition) is 1. The van der Waals surface area contributed by atoms with Crippen LogP contribution >= 0.6 is 23.4 Å². The Morgan fingerprint density at radius 1 is 1.25 bits per heavy atom. The molecule has 0 fully saturated rings. The van der Waals surface area contributed by atoms with Crippen LogP contribution in [0.1, 0.15) is 19.6 Å². The minimum Gasteiger partial charge on any atom is -0.440 e. The maximum absolute atomic E-state index is 11.8. The third kappa shape index (κ3) is 5.62. The molecule has 0 saturated heterocycles. The summed E-state index contributed by atoms with van der Waals surface area (Å²) in [7, 11) is 0. The molecule has 0 unspecified atom stereocenters. The van der Waals surface area contributed by atoms with Crippen molar-refractivity contribution in [3.8, 4) is 0 Å². The summed E-state index contributed by atoms with van der Waals surface area (Å²) in [6, 6.07) is 11.1. The number of thioether (sulfide) groups is 1. The van der Waals surface area contributed by atoms with Crippen molar-refractivity contribution in [2.45, 2.75) is 18.7 Å². The van der Waals surface area contributed by atoms with E-state index in [1.165, 1.54) is 18.0 Å². The van der Waals surface area contributed by atoms with Crippen molar-refractivity contribution in [2.75, 3.05) is 23.7 Å². The van der Waals surface area contributed by atoms with E-state index in [0.717, 1.165) is 23.9 Å². The van der Waals surface area contributed by atoms with Crippen LogP contribution in [0.15, 0.2) is 50.8 Å². The molecule has 1 N–H and O–H groups in total. The number of rotatable bonds is 8. The largest absolute Gasteiger partial charge is 0.440 e. The molecule has 0 aliphatic rings. The summed E-state index contributed by atoms with van der Waals surface area (Å²) in [5, 5.41) is 4.60. The van der Waals surface area contributed by atoms with E-state index >= 15 is 0 Å². The molecule has 128 valence electrons. The zero-order chi connectivity index (χ0) is 17.4. The van der Waals surface area contributed by atoms with E-state index < -0.39 is 0 Å². The quantitative estimate of drug-likeness (QED) is 0.436. The number of carbonyl (C=O) groups excluding carboxylic acids is 1. The number of hydrazone groups is 1. The number of amides is 1. The summed E-state index contributed by atoms with van der Waals surface area (Å²) < 4.78 is 5.66. The first-order chi connectivity index (χ1) is 11.6. The molecule has 1 aromatic carbocycles. The Bertz CT molecular complexity index is 681. The van der Waals surface area contributed by atoms with E-state index in [1.54, 1.807) is 12.1 Å². The lowest BCUT2D eigenvalue weighted by Gasteiger charge is -2.16. The number of carbonyl (C=O) groups is 1. The highest BCUT2D eigenvalue weighted by Gasteiger charge is 2.06. The number of furan rings is 1. The first-order valence-electron chi connectivity index (χ1n) is 7.67. The van der Waals surface area contributed by atoms with Gasteiger partial charge in [0.05, 0.1) is 12.0 Å². The van der Waals surface area contributed by atoms with Crippen molar-refractivity contribution in [2.24, 2.45) is 5.10 Å². The van der Waals surface area contributed by atoms with Crippen LogP contribution in [0, 0.1) is 0 Å². The number of anilines is 1. The predicted octanol–water partition coefficient (Wildman–Crippen LogP) is 4.02. The third-order valence-electron chi connectivity index (χ3n) is 3.25. The molecular weight excluding hydrogens is 346 g/mol. The van der Waals surface area contributed by atoms with E-state index in [9.17, 15) is 4.79 Å². The van der Waals surface area contributed by atoms with Crippen molar-refractivity contribution < 1.29 is 9.21 Å². The minimum absolute atomic E-state index is 0.179. The molecule has 0 radical (unpaired) electrons. The molecule has 0 atom stereocenters. The van der Waals surface area contributed by atoms with Crippen molar-refractivity contribution in [3.63, 3.8) is 0 Å². The summed E-state index contributed by atoms with van der Waals surface area (Å²) in [6.45, 7) is 5.88. The molecule has 2 aromatic rings. The van der Waals surface area contributed by atoms with Gasteiger partial charge in [-0.1, -0.05) is 11.6 Å². The van der Waals surface area contributed by atoms with Gasteiger partial charge in [-0.2, -0.15) is 5.10 Å². The Balaban J connectivity index is 1.78. The predicted molar refractivity (Wildman–Crippen MR) is 100 cm³/mol. The summed E-state index contributed by atoms with van der Waals surface area (Å²) in [5.41, 5.74) is 2.49. The molecule has 1 aromatic heterocycles. The number of halogens is 1. The van der Waals surface area contributed by atoms with E-state index in [1.807, 2.05) is 24.3 Å². The Labute approximate surface area is 151 Å². The van der Waals surface area contributed by atoms with Gasteiger partial charge in [0, 0.05) is 29.1 Å². The molecule has 7 heteroatoms. The summed E-state index contributed by atoms with van der Waals surface area (Å²) in [6.07, 6.45) is 1.50. The molecule has 1 heterocycles. The normalized spacial score (nSPS) is 11.0. The highest BCUT2D eigenvalue weighted by molar-refractivity contribution is 8.00. The first kappa shape index (κ1) is 18.4. The molecule has 0 aliphatic heterocycles. The summed E-state index contributed by atoms with van der Waals surface area (Å²) in [5.74, 6) is 1.50. The fourth-order valence-electron chi connectivity index (χ4n) is 2.00. The zero-order valence-corrected chi connectivity index (χ0v) is 15.2. The van der Waals surface area contributed by atoms with Crippen molar-refractivity contribution in [3.05, 3.63) is 47.2 Å². The van der Waals surface area contributed by atoms with Gasteiger partial charge in [0.1, 0.15) is 5.76 Å². The fourth-order valence-corrected chi connectivity index (χ4v) is 2.81. The Morgan fingerprint density at radius 3 is 2.62 bits per heavy atom. The smallest absolute Gasteiger partial charge is 0.250 e. The maximum atomic E-state index is 11.8. The number of hydrogen-bond acceptors (Lipinski definition) is 5. The van der Waals surface area contributed by atoms with Gasteiger partial charge in [-0.3, -0.25) is 4.79 Å². The van der Waals surface area contributed by atoms with Gasteiger partial charge < -0.3 is 9.32 Å². The van der Waals surface area contributed by atoms with Crippen LogP contribution in [0.4, 0.5) is 5.88 Å². The minimum atomic E-state index is -0.179. The van der Waals surface area contributed by atoms with Gasteiger partial charge in [-0.05, 0) is 44.2 Å². The van der Waals surface area contributed by atoms with Crippen LogP contribution < -0.4 is 10.3 Å². The van der Waals surface area contributed by atoms with Crippen LogP contribution in [0.25, 0.3) is 0 Å². The van der Waals surface area contributed by atoms with Gasteiger partial charge in [0.15, 0.2) is 5.88 Å². The molecular formula is C17H20ClN3O2S. The molecule has 2 rings (SSSR count). The fraction of sp³-hybridized carbons (Fsp3) is 0.294. The molecule has 1 amide bonds. The highest BCUT2D eigenvalue weighted by Crippen LogP contribution is 2.20. The van der Waals surface area contributed by atoms with E-state index in [2.05, 4.69) is 29.3 Å². The Hall–Kier alpha value is -1.92. The van der Waals surface area contributed by atoms with Gasteiger partial charge in [-0.15, -0.1) is 11.8 Å². The second-order valence-electron chi connectivity index (χ2n) is 4.88. The molecule has 0 saturated carbocycles. The van der Waals surface area contributed by atoms with E-state index in [-0.39, 0.29) is 11.7 Å². The first-order valence-corrected chi connectivity index (χ1v) is 9.03. The van der Waals surface area contributed by atoms with Gasteiger partial charge in [0.2, 0.25) is 5.91 Å². The van der Waals surface area contributed by atoms with Crippen LogP contribution in [-0.2, 0) is 4.79 Å². The lowest BCUT2D eigenvalue weighted by atomic mass is 10.4. The van der Waals surface area contributed by atoms with Gasteiger partial charge >= 0.3 is 0 Å². The average Bonchev–Trinajstić information content (AvgIpc) is 3.04. The van der Waals surface area contributed by atoms with Gasteiger partial charge in [-0.25, -0.2) is 5.43 Å². The lowest BCUT2D eigenvalue weighted by molar-refractivity contribution is -0.118. The van der Waals surface area contributed by atoms with Crippen LogP contribution in [-0.4, -0.2) is 31.0 Å². The summed E-state index contributed by atoms with van der Waals surface area (Å²) >= 11 is 7.24. The zero-order valence-electron chi connectivity index (χ0n) is 13.7. The monoisotopic (exact) mass is 365 g/mol. The van der Waals surface area contributed by atoms with Crippen LogP contribution in [0.2, 0.25) is 5.02 Å². The lowest BCUT2D eigenvalue weighted by Crippen LogP contribution is -2.21. The molecule has 0 aliphatic carbocycles. The highest BCUT2D eigenvalue weighted by atomic mass is 35.5. The van der Waals surface area contributed by atoms with E-state index in [4.69, 9.17) is 16.0 Å². The van der Waals surface area contributed by atoms with Crippen molar-refractivity contribution >= 4 is 41.4 Å². The average molecular weight is 366 g/mol. The molecule has 5 nitrogen and oxygen atoms in total. The number of nitrogens with zero attached hydrogens (tertiary/aromatic N) is 2. The van der Waals surface area contributed by atoms with E-state index in [0.29, 0.717) is 10.8 Å². The summed E-state index contributed by atoms with van der Waals surface area (Å²) in [4.78, 5) is 14.8. The van der Waals surface area contributed by atoms with Crippen LogP contribution in [0.5, 0.6) is 0 Å². The van der Waals surface area contributed by atoms with Gasteiger partial charge in [0.25, 0.3) is 0 Å². The number of nitrogens with one attached hydrogen (secondary N) is 1. The molecule has 24 heavy (non-hydrogen) atoms. The standard InChI is InChI=1S/C17H20ClN3O2S/c1-3-21(4-2)17-10-7-14(23-17)11-19-20-16(22)12-24-15-8-5-13(18)6-9-15/h5-11H,3-4,12H2,1-2H3,(H,20,22)/b19-11-. The third-order valence-corrected chi connectivity index (χ3v) is 4.52. The van der Waals surface area contributed by atoms with Crippen molar-refractivity contribution in [1.29, 1.82) is 0 Å². The Kier molecular flexibility index (Phi) is 7.21. The molecule has 0 bridgehead atoms. The molecule has 0 spiro atoms. The number of benzene rings is 1. The second kappa shape index (κ2) is 9.39. The Morgan fingerprint density at radius 2 is 1.96 bits per heavy atom. The van der Waals surface area contributed by atoms with Crippen molar-refractivity contribution in [1.82, 2.24) is 5.43 Å².